The van der Waals surface area contributed by atoms with Crippen LogP contribution in [-0.2, 0) is 6.54 Å². The normalized spacial score (nSPS) is 10.2. The first-order valence-corrected chi connectivity index (χ1v) is 4.92. The Labute approximate surface area is 96.6 Å². The lowest BCUT2D eigenvalue weighted by Crippen LogP contribution is -2.03. The molecule has 0 bridgehead atoms. The second kappa shape index (κ2) is 4.60. The minimum Gasteiger partial charge on any atom is -0.372 e. The Morgan fingerprint density at radius 3 is 3.06 bits per heavy atom. The first-order chi connectivity index (χ1) is 8.16. The van der Waals surface area contributed by atoms with E-state index in [-0.39, 0.29) is 5.82 Å². The van der Waals surface area contributed by atoms with Gasteiger partial charge in [-0.25, -0.2) is 0 Å². The highest BCUT2D eigenvalue weighted by molar-refractivity contribution is 5.56. The Kier molecular flexibility index (Phi) is 2.99. The number of hydrogen-bond acceptors (Lipinski definition) is 6. The number of nitro groups is 1. The summed E-state index contributed by atoms with van der Waals surface area (Å²) in [7, 11) is 0. The quantitative estimate of drug-likeness (QED) is 0.641. The van der Waals surface area contributed by atoms with Crippen LogP contribution in [0.15, 0.2) is 28.9 Å². The lowest BCUT2D eigenvalue weighted by atomic mass is 10.3. The molecule has 0 atom stereocenters. The summed E-state index contributed by atoms with van der Waals surface area (Å²) < 4.78 is 4.89. The zero-order chi connectivity index (χ0) is 12.3. The Bertz CT molecular complexity index is 538. The van der Waals surface area contributed by atoms with Crippen molar-refractivity contribution in [3.05, 3.63) is 46.0 Å². The minimum absolute atomic E-state index is 0.201. The van der Waals surface area contributed by atoms with Crippen molar-refractivity contribution in [3.8, 4) is 0 Å². The van der Waals surface area contributed by atoms with Gasteiger partial charge in [0.15, 0.2) is 0 Å². The molecule has 0 fully saturated rings. The zero-order valence-electron chi connectivity index (χ0n) is 9.08. The maximum absolute atomic E-state index is 10.7. The molecule has 7 heteroatoms. The molecule has 0 radical (unpaired) electrons. The molecule has 0 aliphatic carbocycles. The predicted molar refractivity (Wildman–Crippen MR) is 59.5 cm³/mol. The Hall–Kier alpha value is -2.44. The van der Waals surface area contributed by atoms with Gasteiger partial charge in [-0.3, -0.25) is 0 Å². The van der Waals surface area contributed by atoms with Gasteiger partial charge in [-0.05, 0) is 29.0 Å². The van der Waals surface area contributed by atoms with Crippen molar-refractivity contribution in [1.29, 1.82) is 0 Å². The van der Waals surface area contributed by atoms with Crippen LogP contribution < -0.4 is 5.32 Å². The van der Waals surface area contributed by atoms with Crippen LogP contribution in [0.5, 0.6) is 0 Å². The lowest BCUT2D eigenvalue weighted by Gasteiger charge is -2.03. The SMILES string of the molecule is Cc1cc(CNc2cccnc2[N+](=O)[O-])no1. The van der Waals surface area contributed by atoms with Crippen molar-refractivity contribution in [2.24, 2.45) is 0 Å². The third-order valence-electron chi connectivity index (χ3n) is 2.10. The number of aryl methyl sites for hydroxylation is 1. The molecule has 0 spiro atoms. The van der Waals surface area contributed by atoms with Gasteiger partial charge in [-0.15, -0.1) is 0 Å². The highest BCUT2D eigenvalue weighted by atomic mass is 16.6. The van der Waals surface area contributed by atoms with Crippen LogP contribution in [0.3, 0.4) is 0 Å². The maximum Gasteiger partial charge on any atom is 0.386 e. The van der Waals surface area contributed by atoms with E-state index in [9.17, 15) is 10.1 Å². The predicted octanol–water partition coefficient (Wildman–Crippen LogP) is 1.90. The summed E-state index contributed by atoms with van der Waals surface area (Å²) in [4.78, 5) is 13.9. The van der Waals surface area contributed by atoms with E-state index in [2.05, 4.69) is 15.5 Å². The molecule has 0 amide bonds. The minimum atomic E-state index is -0.531. The fourth-order valence-corrected chi connectivity index (χ4v) is 1.37. The molecule has 0 aliphatic heterocycles. The molecule has 2 aromatic heterocycles. The van der Waals surface area contributed by atoms with Gasteiger partial charge in [0.05, 0.1) is 6.54 Å². The zero-order valence-corrected chi connectivity index (χ0v) is 9.08. The molecule has 0 saturated carbocycles. The fourth-order valence-electron chi connectivity index (χ4n) is 1.37. The summed E-state index contributed by atoms with van der Waals surface area (Å²) in [6.07, 6.45) is 1.38. The Morgan fingerprint density at radius 1 is 1.59 bits per heavy atom. The van der Waals surface area contributed by atoms with Gasteiger partial charge in [-0.2, -0.15) is 0 Å². The molecule has 0 aliphatic rings. The first kappa shape index (κ1) is 11.1. The fraction of sp³-hybridized carbons (Fsp3) is 0.200. The van der Waals surface area contributed by atoms with Gasteiger partial charge in [0.1, 0.15) is 23.3 Å². The van der Waals surface area contributed by atoms with Gasteiger partial charge in [0, 0.05) is 6.07 Å². The number of nitrogens with zero attached hydrogens (tertiary/aromatic N) is 3. The topological polar surface area (TPSA) is 94.1 Å². The van der Waals surface area contributed by atoms with Crippen LogP contribution >= 0.6 is 0 Å². The average molecular weight is 234 g/mol. The summed E-state index contributed by atoms with van der Waals surface area (Å²) >= 11 is 0. The molecule has 2 aromatic rings. The van der Waals surface area contributed by atoms with Crippen LogP contribution in [0.2, 0.25) is 0 Å². The van der Waals surface area contributed by atoms with Crippen LogP contribution in [0.1, 0.15) is 11.5 Å². The van der Waals surface area contributed by atoms with Crippen molar-refractivity contribution in [3.63, 3.8) is 0 Å². The van der Waals surface area contributed by atoms with Gasteiger partial charge in [0.2, 0.25) is 0 Å². The lowest BCUT2D eigenvalue weighted by molar-refractivity contribution is -0.388. The van der Waals surface area contributed by atoms with Gasteiger partial charge >= 0.3 is 5.82 Å². The van der Waals surface area contributed by atoms with E-state index < -0.39 is 4.92 Å². The summed E-state index contributed by atoms with van der Waals surface area (Å²) in [6.45, 7) is 2.13. The van der Waals surface area contributed by atoms with Gasteiger partial charge < -0.3 is 20.0 Å². The second-order valence-corrected chi connectivity index (χ2v) is 3.41. The maximum atomic E-state index is 10.7. The number of pyridine rings is 1. The Balaban J connectivity index is 2.11. The van der Waals surface area contributed by atoms with Crippen molar-refractivity contribution < 1.29 is 9.45 Å². The standard InChI is InChI=1S/C10H10N4O3/c1-7-5-8(13-17-7)6-12-9-3-2-4-11-10(9)14(15)16/h2-5,12H,6H2,1H3. The summed E-state index contributed by atoms with van der Waals surface area (Å²) in [5.74, 6) is 0.496. The smallest absolute Gasteiger partial charge is 0.372 e. The van der Waals surface area contributed by atoms with E-state index in [0.29, 0.717) is 23.7 Å². The van der Waals surface area contributed by atoms with Crippen molar-refractivity contribution in [2.45, 2.75) is 13.5 Å². The largest absolute Gasteiger partial charge is 0.386 e. The Morgan fingerprint density at radius 2 is 2.41 bits per heavy atom. The highest BCUT2D eigenvalue weighted by Crippen LogP contribution is 2.20. The second-order valence-electron chi connectivity index (χ2n) is 3.41. The number of rotatable bonds is 4. The third kappa shape index (κ3) is 2.57. The van der Waals surface area contributed by atoms with Crippen LogP contribution in [0, 0.1) is 17.0 Å². The number of aromatic nitrogens is 2. The first-order valence-electron chi connectivity index (χ1n) is 4.92. The number of nitrogens with one attached hydrogen (secondary N) is 1. The average Bonchev–Trinajstić information content (AvgIpc) is 2.73. The van der Waals surface area contributed by atoms with Crippen molar-refractivity contribution in [2.75, 3.05) is 5.32 Å². The molecule has 17 heavy (non-hydrogen) atoms. The molecule has 0 saturated heterocycles. The van der Waals surface area contributed by atoms with Crippen molar-refractivity contribution in [1.82, 2.24) is 10.1 Å². The van der Waals surface area contributed by atoms with E-state index >= 15 is 0 Å². The van der Waals surface area contributed by atoms with Gasteiger partial charge in [-0.1, -0.05) is 5.16 Å². The molecule has 0 aromatic carbocycles. The third-order valence-corrected chi connectivity index (χ3v) is 2.10. The van der Waals surface area contributed by atoms with E-state index in [0.717, 1.165) is 0 Å². The number of anilines is 1. The van der Waals surface area contributed by atoms with Gasteiger partial charge in [0.25, 0.3) is 0 Å². The molecular formula is C10H10N4O3. The molecular weight excluding hydrogens is 224 g/mol. The molecule has 1 N–H and O–H groups in total. The van der Waals surface area contributed by atoms with E-state index in [1.807, 2.05) is 0 Å². The van der Waals surface area contributed by atoms with Crippen LogP contribution in [-0.4, -0.2) is 15.1 Å². The summed E-state index contributed by atoms with van der Waals surface area (Å²) in [6, 6.07) is 4.98. The highest BCUT2D eigenvalue weighted by Gasteiger charge is 2.13. The van der Waals surface area contributed by atoms with Crippen LogP contribution in [0.4, 0.5) is 11.5 Å². The van der Waals surface area contributed by atoms with Crippen LogP contribution in [0.25, 0.3) is 0 Å². The molecule has 88 valence electrons. The summed E-state index contributed by atoms with van der Waals surface area (Å²) in [5, 5.41) is 17.4. The molecule has 2 heterocycles. The molecule has 2 rings (SSSR count). The monoisotopic (exact) mass is 234 g/mol. The molecule has 7 nitrogen and oxygen atoms in total. The summed E-state index contributed by atoms with van der Waals surface area (Å²) in [5.41, 5.74) is 1.04. The van der Waals surface area contributed by atoms with E-state index in [4.69, 9.17) is 4.52 Å². The van der Waals surface area contributed by atoms with Crippen molar-refractivity contribution >= 4 is 11.5 Å². The number of hydrogen-bond donors (Lipinski definition) is 1. The van der Waals surface area contributed by atoms with E-state index in [1.165, 1.54) is 6.20 Å². The molecule has 0 unspecified atom stereocenters. The van der Waals surface area contributed by atoms with E-state index in [1.54, 1.807) is 25.1 Å².